The first-order chi connectivity index (χ1) is 18.5. The normalized spacial score (nSPS) is 17.9. The summed E-state index contributed by atoms with van der Waals surface area (Å²) in [6, 6.07) is 13.3. The summed E-state index contributed by atoms with van der Waals surface area (Å²) < 4.78 is 55.6. The average Bonchev–Trinajstić information content (AvgIpc) is 3.48. The van der Waals surface area contributed by atoms with Gasteiger partial charge in [0.2, 0.25) is 16.8 Å². The van der Waals surface area contributed by atoms with Gasteiger partial charge in [-0.25, -0.2) is 13.2 Å². The van der Waals surface area contributed by atoms with E-state index in [0.717, 1.165) is 9.87 Å². The minimum Gasteiger partial charge on any atom is -0.479 e. The van der Waals surface area contributed by atoms with Crippen LogP contribution in [-0.4, -0.2) is 68.8 Å². The van der Waals surface area contributed by atoms with Gasteiger partial charge in [0, 0.05) is 12.6 Å². The number of carbonyl (C=O) groups excluding carboxylic acids is 1. The molecule has 210 valence electrons. The molecule has 1 amide bonds. The summed E-state index contributed by atoms with van der Waals surface area (Å²) in [5.41, 5.74) is -0.00772. The first kappa shape index (κ1) is 28.5. The molecule has 0 N–H and O–H groups in total. The van der Waals surface area contributed by atoms with Crippen molar-refractivity contribution in [1.29, 1.82) is 5.26 Å². The van der Waals surface area contributed by atoms with Crippen LogP contribution in [0.5, 0.6) is 17.2 Å². The van der Waals surface area contributed by atoms with Crippen molar-refractivity contribution in [3.8, 4) is 23.3 Å². The number of rotatable bonds is 10. The van der Waals surface area contributed by atoms with Crippen LogP contribution >= 0.6 is 0 Å². The van der Waals surface area contributed by atoms with Gasteiger partial charge in [0.1, 0.15) is 17.5 Å². The number of hydrogen-bond donors (Lipinski definition) is 0. The highest BCUT2D eigenvalue weighted by atomic mass is 32.2. The molecule has 0 spiro atoms. The zero-order valence-corrected chi connectivity index (χ0v) is 23.3. The second-order valence-electron chi connectivity index (χ2n) is 10.2. The molecular formula is C27H33N3O8S. The van der Waals surface area contributed by atoms with E-state index in [2.05, 4.69) is 0 Å². The van der Waals surface area contributed by atoms with Gasteiger partial charge in [0.25, 0.3) is 0 Å². The van der Waals surface area contributed by atoms with Crippen molar-refractivity contribution in [1.82, 2.24) is 9.21 Å². The number of hydrogen-bond acceptors (Lipinski definition) is 9. The number of benzene rings is 2. The van der Waals surface area contributed by atoms with Gasteiger partial charge in [0.15, 0.2) is 24.8 Å². The van der Waals surface area contributed by atoms with Crippen LogP contribution in [0, 0.1) is 17.2 Å². The van der Waals surface area contributed by atoms with Crippen molar-refractivity contribution in [2.24, 2.45) is 5.92 Å². The number of amides is 1. The second-order valence-corrected chi connectivity index (χ2v) is 12.1. The fourth-order valence-corrected chi connectivity index (χ4v) is 6.00. The van der Waals surface area contributed by atoms with E-state index in [1.54, 1.807) is 32.0 Å². The fraction of sp³-hybridized carbons (Fsp3) is 0.481. The Morgan fingerprint density at radius 2 is 1.90 bits per heavy atom. The quantitative estimate of drug-likeness (QED) is 0.400. The third-order valence-corrected chi connectivity index (χ3v) is 8.14. The summed E-state index contributed by atoms with van der Waals surface area (Å²) >= 11 is 0. The summed E-state index contributed by atoms with van der Waals surface area (Å²) in [6.07, 6.45) is -0.187. The number of fused-ring (bicyclic) bond motifs is 1. The molecule has 0 radical (unpaired) electrons. The molecule has 39 heavy (non-hydrogen) atoms. The highest BCUT2D eigenvalue weighted by molar-refractivity contribution is 7.89. The lowest BCUT2D eigenvalue weighted by Gasteiger charge is -2.33. The maximum atomic E-state index is 13.5. The average molecular weight is 560 g/mol. The van der Waals surface area contributed by atoms with E-state index < -0.39 is 28.6 Å². The molecule has 0 bridgehead atoms. The monoisotopic (exact) mass is 559 g/mol. The minimum atomic E-state index is -4.00. The Morgan fingerprint density at radius 3 is 2.59 bits per heavy atom. The van der Waals surface area contributed by atoms with Crippen LogP contribution in [0.3, 0.4) is 0 Å². The van der Waals surface area contributed by atoms with Crippen LogP contribution in [0.2, 0.25) is 0 Å². The highest BCUT2D eigenvalue weighted by Gasteiger charge is 2.45. The maximum Gasteiger partial charge on any atom is 0.413 e. The van der Waals surface area contributed by atoms with Crippen LogP contribution in [0.25, 0.3) is 0 Å². The first-order valence-electron chi connectivity index (χ1n) is 12.6. The Hall–Kier alpha value is -3.53. The van der Waals surface area contributed by atoms with E-state index in [9.17, 15) is 13.2 Å². The predicted octanol–water partition coefficient (Wildman–Crippen LogP) is 3.74. The summed E-state index contributed by atoms with van der Waals surface area (Å²) in [6.45, 7) is 7.26. The molecule has 0 aromatic heterocycles. The number of nitrogens with zero attached hydrogens (tertiary/aromatic N) is 3. The van der Waals surface area contributed by atoms with Crippen LogP contribution < -0.4 is 14.2 Å². The van der Waals surface area contributed by atoms with Crippen LogP contribution in [-0.2, 0) is 25.9 Å². The number of carbonyl (C=O) groups is 1. The molecule has 2 aromatic carbocycles. The maximum absolute atomic E-state index is 13.5. The van der Waals surface area contributed by atoms with E-state index in [1.165, 1.54) is 17.0 Å². The fourth-order valence-electron chi connectivity index (χ4n) is 4.52. The molecule has 2 aliphatic heterocycles. The van der Waals surface area contributed by atoms with E-state index in [-0.39, 0.29) is 36.8 Å². The van der Waals surface area contributed by atoms with Crippen LogP contribution in [0.1, 0.15) is 33.3 Å². The van der Waals surface area contributed by atoms with Gasteiger partial charge >= 0.3 is 6.09 Å². The van der Waals surface area contributed by atoms with Gasteiger partial charge in [-0.3, -0.25) is 4.90 Å². The van der Waals surface area contributed by atoms with Gasteiger partial charge in [-0.1, -0.05) is 26.0 Å². The molecule has 11 nitrogen and oxygen atoms in total. The zero-order valence-electron chi connectivity index (χ0n) is 22.5. The largest absolute Gasteiger partial charge is 0.479 e. The van der Waals surface area contributed by atoms with Gasteiger partial charge in [-0.15, -0.1) is 0 Å². The Bertz CT molecular complexity index is 1320. The smallest absolute Gasteiger partial charge is 0.413 e. The van der Waals surface area contributed by atoms with Crippen molar-refractivity contribution >= 4 is 16.1 Å². The van der Waals surface area contributed by atoms with Crippen molar-refractivity contribution < 1.29 is 36.9 Å². The summed E-state index contributed by atoms with van der Waals surface area (Å²) in [4.78, 5) is 14.9. The number of nitriles is 1. The van der Waals surface area contributed by atoms with Gasteiger partial charge < -0.3 is 23.7 Å². The highest BCUT2D eigenvalue weighted by Crippen LogP contribution is 2.35. The Morgan fingerprint density at radius 1 is 1.18 bits per heavy atom. The predicted molar refractivity (Wildman–Crippen MR) is 140 cm³/mol. The van der Waals surface area contributed by atoms with Crippen LogP contribution in [0.4, 0.5) is 4.79 Å². The second kappa shape index (κ2) is 11.7. The number of sulfonamides is 1. The van der Waals surface area contributed by atoms with Gasteiger partial charge in [-0.05, 0) is 56.0 Å². The molecule has 0 aliphatic carbocycles. The van der Waals surface area contributed by atoms with E-state index >= 15 is 0 Å². The van der Waals surface area contributed by atoms with E-state index in [4.69, 9.17) is 28.9 Å². The Balaban J connectivity index is 1.47. The zero-order chi connectivity index (χ0) is 28.2. The van der Waals surface area contributed by atoms with E-state index in [0.29, 0.717) is 30.3 Å². The molecule has 4 rings (SSSR count). The molecular weight excluding hydrogens is 526 g/mol. The van der Waals surface area contributed by atoms with Gasteiger partial charge in [-0.2, -0.15) is 9.57 Å². The topological polar surface area (TPSA) is 128 Å². The molecule has 2 aliphatic rings. The minimum absolute atomic E-state index is 0.0214. The molecule has 1 unspecified atom stereocenters. The third kappa shape index (κ3) is 6.55. The molecule has 2 aromatic rings. The van der Waals surface area contributed by atoms with Crippen LogP contribution in [0.15, 0.2) is 47.4 Å². The SMILES string of the molecule is CC(C)CN(COC(=O)N1C(Cc2ccc(OCC#N)cc2)COC1(C)C)S(=O)(=O)c1ccc2c(c1)OCO2. The standard InChI is InChI=1S/C27H33N3O8S/c1-19(2)15-29(39(32,33)23-9-10-24-25(14-23)37-18-36-24)17-35-26(31)30-21(16-38-27(30,3)4)13-20-5-7-22(8-6-20)34-12-11-28/h5-10,14,19,21H,12-13,15-18H2,1-4H3. The molecule has 2 heterocycles. The van der Waals surface area contributed by atoms with Crippen molar-refractivity contribution in [3.05, 3.63) is 48.0 Å². The summed E-state index contributed by atoms with van der Waals surface area (Å²) in [5, 5.41) is 8.67. The van der Waals surface area contributed by atoms with Crippen molar-refractivity contribution in [2.45, 2.75) is 50.8 Å². The lowest BCUT2D eigenvalue weighted by molar-refractivity contribution is -0.0517. The first-order valence-corrected chi connectivity index (χ1v) is 14.0. The molecule has 0 saturated carbocycles. The Labute approximate surface area is 228 Å². The Kier molecular flexibility index (Phi) is 8.54. The van der Waals surface area contributed by atoms with Crippen molar-refractivity contribution in [2.75, 3.05) is 33.3 Å². The molecule has 1 atom stereocenters. The third-order valence-electron chi connectivity index (χ3n) is 6.35. The summed E-state index contributed by atoms with van der Waals surface area (Å²) in [7, 11) is -4.00. The van der Waals surface area contributed by atoms with Gasteiger partial charge in [0.05, 0.1) is 17.5 Å². The van der Waals surface area contributed by atoms with Crippen molar-refractivity contribution in [3.63, 3.8) is 0 Å². The summed E-state index contributed by atoms with van der Waals surface area (Å²) in [5.74, 6) is 1.38. The van der Waals surface area contributed by atoms with E-state index in [1.807, 2.05) is 32.0 Å². The molecule has 12 heteroatoms. The lowest BCUT2D eigenvalue weighted by atomic mass is 10.0. The molecule has 1 saturated heterocycles. The number of ether oxygens (including phenoxy) is 5. The molecule has 1 fully saturated rings. The lowest BCUT2D eigenvalue weighted by Crippen LogP contribution is -2.50.